The number of hydrogen-bond donors (Lipinski definition) is 1. The summed E-state index contributed by atoms with van der Waals surface area (Å²) in [5, 5.41) is 9.06. The van der Waals surface area contributed by atoms with Gasteiger partial charge in [0.2, 0.25) is 0 Å². The van der Waals surface area contributed by atoms with Gasteiger partial charge in [-0.25, -0.2) is 4.79 Å². The normalized spacial score (nSPS) is 10.8. The molecule has 0 aliphatic heterocycles. The minimum Gasteiger partial charge on any atom is -0.478 e. The van der Waals surface area contributed by atoms with Crippen molar-refractivity contribution in [2.75, 3.05) is 0 Å². The Bertz CT molecular complexity index is 630. The van der Waals surface area contributed by atoms with Crippen LogP contribution >= 0.6 is 27.7 Å². The van der Waals surface area contributed by atoms with Crippen molar-refractivity contribution in [3.05, 3.63) is 52.5 Å². The van der Waals surface area contributed by atoms with Gasteiger partial charge in [0.25, 0.3) is 5.76 Å². The smallest absolute Gasteiger partial charge is 0.336 e. The van der Waals surface area contributed by atoms with Crippen LogP contribution in [0.15, 0.2) is 51.8 Å². The molecular formula is C14H9BrF2O2S. The molecule has 0 spiro atoms. The molecule has 0 heterocycles. The highest BCUT2D eigenvalue weighted by Crippen LogP contribution is 2.29. The van der Waals surface area contributed by atoms with E-state index in [4.69, 9.17) is 5.11 Å². The first kappa shape index (κ1) is 15.0. The molecule has 2 rings (SSSR count). The fourth-order valence-corrected chi connectivity index (χ4v) is 2.61. The predicted octanol–water partition coefficient (Wildman–Crippen LogP) is 5.13. The molecule has 0 radical (unpaired) electrons. The van der Waals surface area contributed by atoms with Crippen LogP contribution in [0.25, 0.3) is 11.1 Å². The summed E-state index contributed by atoms with van der Waals surface area (Å²) in [6, 6.07) is 11.5. The van der Waals surface area contributed by atoms with E-state index >= 15 is 0 Å². The van der Waals surface area contributed by atoms with Crippen molar-refractivity contribution >= 4 is 33.7 Å². The van der Waals surface area contributed by atoms with Gasteiger partial charge in [-0.1, -0.05) is 30.0 Å². The molecule has 6 heteroatoms. The van der Waals surface area contributed by atoms with Gasteiger partial charge in [0.15, 0.2) is 0 Å². The van der Waals surface area contributed by atoms with Crippen LogP contribution in [0.5, 0.6) is 0 Å². The minimum absolute atomic E-state index is 0.161. The van der Waals surface area contributed by atoms with Crippen molar-refractivity contribution in [1.82, 2.24) is 0 Å². The molecule has 0 unspecified atom stereocenters. The van der Waals surface area contributed by atoms with Gasteiger partial charge in [-0.2, -0.15) is 8.78 Å². The molecule has 104 valence electrons. The molecule has 0 saturated carbocycles. The minimum atomic E-state index is -2.45. The number of benzene rings is 2. The number of alkyl halides is 2. The first-order chi connectivity index (χ1) is 9.47. The van der Waals surface area contributed by atoms with E-state index in [0.29, 0.717) is 21.1 Å². The Labute approximate surface area is 126 Å². The highest BCUT2D eigenvalue weighted by atomic mass is 79.9. The Kier molecular flexibility index (Phi) is 4.77. The Hall–Kier alpha value is -1.40. The van der Waals surface area contributed by atoms with Crippen LogP contribution in [-0.4, -0.2) is 16.8 Å². The molecule has 2 nitrogen and oxygen atoms in total. The van der Waals surface area contributed by atoms with E-state index in [-0.39, 0.29) is 5.56 Å². The first-order valence-corrected chi connectivity index (χ1v) is 7.23. The monoisotopic (exact) mass is 358 g/mol. The van der Waals surface area contributed by atoms with Crippen molar-refractivity contribution in [1.29, 1.82) is 0 Å². The number of halogens is 3. The van der Waals surface area contributed by atoms with Gasteiger partial charge in [0.1, 0.15) is 0 Å². The van der Waals surface area contributed by atoms with Gasteiger partial charge in [-0.3, -0.25) is 0 Å². The van der Waals surface area contributed by atoms with E-state index < -0.39 is 11.7 Å². The number of carboxylic acids is 1. The molecule has 2 aromatic carbocycles. The van der Waals surface area contributed by atoms with Crippen molar-refractivity contribution in [3.8, 4) is 11.1 Å². The molecule has 0 atom stereocenters. The number of rotatable bonds is 4. The SMILES string of the molecule is O=C(O)c1cc(-c2ccc(SC(F)F)cc2)ccc1Br. The fraction of sp³-hybridized carbons (Fsp3) is 0.0714. The molecule has 0 amide bonds. The lowest BCUT2D eigenvalue weighted by molar-refractivity contribution is 0.0696. The van der Waals surface area contributed by atoms with Crippen molar-refractivity contribution in [3.63, 3.8) is 0 Å². The summed E-state index contributed by atoms with van der Waals surface area (Å²) in [4.78, 5) is 11.5. The molecule has 0 bridgehead atoms. The van der Waals surface area contributed by atoms with Gasteiger partial charge < -0.3 is 5.11 Å². The van der Waals surface area contributed by atoms with Gasteiger partial charge in [0, 0.05) is 9.37 Å². The van der Waals surface area contributed by atoms with E-state index in [1.165, 1.54) is 0 Å². The average molecular weight is 359 g/mol. The summed E-state index contributed by atoms with van der Waals surface area (Å²) in [6.07, 6.45) is 0. The number of aromatic carboxylic acids is 1. The van der Waals surface area contributed by atoms with E-state index in [9.17, 15) is 13.6 Å². The molecule has 0 saturated heterocycles. The first-order valence-electron chi connectivity index (χ1n) is 5.55. The zero-order valence-electron chi connectivity index (χ0n) is 10.0. The second kappa shape index (κ2) is 6.37. The van der Waals surface area contributed by atoms with Gasteiger partial charge in [0.05, 0.1) is 5.56 Å². The largest absolute Gasteiger partial charge is 0.478 e. The summed E-state index contributed by atoms with van der Waals surface area (Å²) >= 11 is 3.65. The number of hydrogen-bond acceptors (Lipinski definition) is 2. The van der Waals surface area contributed by atoms with Crippen LogP contribution in [0.4, 0.5) is 8.78 Å². The number of carboxylic acid groups (broad SMARTS) is 1. The summed E-state index contributed by atoms with van der Waals surface area (Å²) in [5.74, 6) is -3.48. The quantitative estimate of drug-likeness (QED) is 0.769. The highest BCUT2D eigenvalue weighted by Gasteiger charge is 2.10. The lowest BCUT2D eigenvalue weighted by Crippen LogP contribution is -1.97. The summed E-state index contributed by atoms with van der Waals surface area (Å²) in [7, 11) is 0. The van der Waals surface area contributed by atoms with Crippen molar-refractivity contribution < 1.29 is 18.7 Å². The third kappa shape index (κ3) is 3.58. The Morgan fingerprint density at radius 3 is 2.25 bits per heavy atom. The molecule has 0 aromatic heterocycles. The van der Waals surface area contributed by atoms with E-state index in [2.05, 4.69) is 15.9 Å². The third-order valence-electron chi connectivity index (χ3n) is 2.61. The molecule has 2 aromatic rings. The fourth-order valence-electron chi connectivity index (χ4n) is 1.70. The maximum absolute atomic E-state index is 12.2. The second-order valence-electron chi connectivity index (χ2n) is 3.90. The van der Waals surface area contributed by atoms with E-state index in [1.807, 2.05) is 0 Å². The number of thioether (sulfide) groups is 1. The van der Waals surface area contributed by atoms with Gasteiger partial charge in [-0.15, -0.1) is 0 Å². The molecule has 0 aliphatic carbocycles. The zero-order valence-corrected chi connectivity index (χ0v) is 12.4. The van der Waals surface area contributed by atoms with Crippen molar-refractivity contribution in [2.45, 2.75) is 10.7 Å². The van der Waals surface area contributed by atoms with Crippen LogP contribution in [0.2, 0.25) is 0 Å². The Morgan fingerprint density at radius 2 is 1.70 bits per heavy atom. The van der Waals surface area contributed by atoms with Crippen LogP contribution < -0.4 is 0 Å². The topological polar surface area (TPSA) is 37.3 Å². The standard InChI is InChI=1S/C14H9BrF2O2S/c15-12-6-3-9(7-11(12)13(18)19)8-1-4-10(5-2-8)20-14(16)17/h1-7,14H,(H,18,19). The lowest BCUT2D eigenvalue weighted by atomic mass is 10.0. The van der Waals surface area contributed by atoms with Crippen molar-refractivity contribution in [2.24, 2.45) is 0 Å². The van der Waals surface area contributed by atoms with Crippen LogP contribution in [0.1, 0.15) is 10.4 Å². The third-order valence-corrected chi connectivity index (χ3v) is 4.02. The summed E-state index contributed by atoms with van der Waals surface area (Å²) in [5.41, 5.74) is 1.66. The summed E-state index contributed by atoms with van der Waals surface area (Å²) < 4.78 is 24.9. The van der Waals surface area contributed by atoms with Crippen LogP contribution in [0, 0.1) is 0 Å². The van der Waals surface area contributed by atoms with Crippen LogP contribution in [0.3, 0.4) is 0 Å². The van der Waals surface area contributed by atoms with E-state index in [0.717, 1.165) is 11.1 Å². The molecule has 1 N–H and O–H groups in total. The molecular weight excluding hydrogens is 350 g/mol. The molecule has 0 fully saturated rings. The van der Waals surface area contributed by atoms with Gasteiger partial charge >= 0.3 is 5.97 Å². The van der Waals surface area contributed by atoms with E-state index in [1.54, 1.807) is 42.5 Å². The molecule has 20 heavy (non-hydrogen) atoms. The second-order valence-corrected chi connectivity index (χ2v) is 5.82. The molecule has 0 aliphatic rings. The highest BCUT2D eigenvalue weighted by molar-refractivity contribution is 9.10. The average Bonchev–Trinajstić information content (AvgIpc) is 2.39. The maximum Gasteiger partial charge on any atom is 0.336 e. The lowest BCUT2D eigenvalue weighted by Gasteiger charge is -2.06. The number of carbonyl (C=O) groups is 1. The summed E-state index contributed by atoms with van der Waals surface area (Å²) in [6.45, 7) is 0. The van der Waals surface area contributed by atoms with Gasteiger partial charge in [-0.05, 0) is 51.3 Å². The Balaban J connectivity index is 2.32. The zero-order chi connectivity index (χ0) is 14.7. The van der Waals surface area contributed by atoms with Crippen LogP contribution in [-0.2, 0) is 0 Å². The Morgan fingerprint density at radius 1 is 1.10 bits per heavy atom. The maximum atomic E-state index is 12.2. The predicted molar refractivity (Wildman–Crippen MR) is 78.4 cm³/mol.